The normalized spacial score (nSPS) is 26.2. The van der Waals surface area contributed by atoms with Crippen LogP contribution in [-0.4, -0.2) is 65.4 Å². The predicted molar refractivity (Wildman–Crippen MR) is 73.6 cm³/mol. The maximum atomic E-state index is 11.4. The molecule has 0 heterocycles. The van der Waals surface area contributed by atoms with Crippen LogP contribution in [0.4, 0.5) is 0 Å². The van der Waals surface area contributed by atoms with Gasteiger partial charge >= 0.3 is 50.9 Å². The molecule has 6 N–H and O–H groups in total. The summed E-state index contributed by atoms with van der Waals surface area (Å²) in [6, 6.07) is 0. The van der Waals surface area contributed by atoms with Crippen molar-refractivity contribution in [3.05, 3.63) is 11.6 Å². The number of carboxylic acid groups (broad SMARTS) is 2. The number of phosphoric acid groups is 1. The molecule has 0 saturated carbocycles. The van der Waals surface area contributed by atoms with Crippen molar-refractivity contribution in [2.75, 3.05) is 0 Å². The van der Waals surface area contributed by atoms with Crippen LogP contribution in [0.15, 0.2) is 11.6 Å². The molecule has 0 radical (unpaired) electrons. The summed E-state index contributed by atoms with van der Waals surface area (Å²) in [6.07, 6.45) is -6.02. The summed E-state index contributed by atoms with van der Waals surface area (Å²) in [6.45, 7) is 0.499. The van der Waals surface area contributed by atoms with E-state index >= 15 is 0 Å². The molecule has 13 nitrogen and oxygen atoms in total. The second kappa shape index (κ2) is 8.91. The number of aliphatic carboxylic acids is 2. The first-order chi connectivity index (χ1) is 11.1. The van der Waals surface area contributed by atoms with E-state index < -0.39 is 63.0 Å². The summed E-state index contributed by atoms with van der Waals surface area (Å²) < 4.78 is 31.3. The molecule has 1 rings (SSSR count). The van der Waals surface area contributed by atoms with Crippen LogP contribution in [0, 0.1) is 0 Å². The van der Waals surface area contributed by atoms with Crippen LogP contribution in [0.5, 0.6) is 0 Å². The smallest absolute Gasteiger partial charge is 0.545 e. The summed E-state index contributed by atoms with van der Waals surface area (Å²) in [7, 11) is -10.7. The molecule has 0 amide bonds. The molecule has 0 fully saturated rings. The number of phosphoric ester groups is 1. The van der Waals surface area contributed by atoms with E-state index in [9.17, 15) is 38.7 Å². The molecule has 16 heteroatoms. The molecule has 0 aromatic carbocycles. The van der Waals surface area contributed by atoms with Crippen molar-refractivity contribution >= 4 is 27.4 Å². The first-order valence-corrected chi connectivity index (χ1v) is 9.53. The van der Waals surface area contributed by atoms with Crippen molar-refractivity contribution in [2.24, 2.45) is 0 Å². The Morgan fingerprint density at radius 2 is 1.77 bits per heavy atom. The minimum Gasteiger partial charge on any atom is -0.545 e. The molecule has 0 bridgehead atoms. The standard InChI is InChI=1S/C10H16O13P2.Na/c1-10(9(14)15,24(16,17)18)22-5-2-4(8(12)13)3-6(7(5)11)23-25(19,20)21;/h3,5-7,11H,2H2,1H3,(H,12,13)(H,14,15)(H2,16,17,18)(H2,19,20,21);/q;+1/p-1/t5-,6-,7+,10+;/m1./s1. The van der Waals surface area contributed by atoms with Gasteiger partial charge in [-0.1, -0.05) is 0 Å². The monoisotopic (exact) mass is 428 g/mol. The third-order valence-electron chi connectivity index (χ3n) is 3.36. The van der Waals surface area contributed by atoms with Gasteiger partial charge in [-0.25, -0.2) is 9.36 Å². The summed E-state index contributed by atoms with van der Waals surface area (Å²) in [5.41, 5.74) is -0.674. The predicted octanol–water partition coefficient (Wildman–Crippen LogP) is -5.73. The van der Waals surface area contributed by atoms with E-state index in [1.165, 1.54) is 0 Å². The molecule has 0 aromatic rings. The summed E-state index contributed by atoms with van der Waals surface area (Å²) in [4.78, 5) is 58.1. The Morgan fingerprint density at radius 1 is 1.27 bits per heavy atom. The quantitative estimate of drug-likeness (QED) is 0.164. The van der Waals surface area contributed by atoms with Crippen molar-refractivity contribution in [1.82, 2.24) is 0 Å². The first kappa shape index (κ1) is 25.9. The molecule has 144 valence electrons. The number of carbonyl (C=O) groups is 2. The van der Waals surface area contributed by atoms with E-state index in [1.807, 2.05) is 0 Å². The van der Waals surface area contributed by atoms with Crippen molar-refractivity contribution in [3.63, 3.8) is 0 Å². The van der Waals surface area contributed by atoms with E-state index in [0.717, 1.165) is 0 Å². The SMILES string of the molecule is C[C@@](O[C@@H]1CC(C(=O)[O-])=C[C@@H](OP(=O)(O)O)[C@H]1O)(C(=O)O)P(=O)(O)O.[Na+]. The topological polar surface area (TPSA) is 231 Å². The van der Waals surface area contributed by atoms with Gasteiger partial charge in [-0.2, -0.15) is 0 Å². The number of aliphatic hydroxyl groups is 1. The van der Waals surface area contributed by atoms with Crippen LogP contribution in [0.25, 0.3) is 0 Å². The second-order valence-corrected chi connectivity index (χ2v) is 8.36. The van der Waals surface area contributed by atoms with E-state index in [4.69, 9.17) is 19.6 Å². The zero-order chi connectivity index (χ0) is 19.8. The fourth-order valence-electron chi connectivity index (χ4n) is 1.97. The Bertz CT molecular complexity index is 680. The Balaban J connectivity index is 0.00000625. The molecular weight excluding hydrogens is 413 g/mol. The van der Waals surface area contributed by atoms with Crippen molar-refractivity contribution in [1.29, 1.82) is 0 Å². The molecular formula is C10H15NaO13P2. The van der Waals surface area contributed by atoms with Crippen LogP contribution in [0.3, 0.4) is 0 Å². The van der Waals surface area contributed by atoms with Gasteiger partial charge in [-0.15, -0.1) is 0 Å². The molecule has 26 heavy (non-hydrogen) atoms. The molecule has 4 atom stereocenters. The summed E-state index contributed by atoms with van der Waals surface area (Å²) >= 11 is 0. The largest absolute Gasteiger partial charge is 1.00 e. The van der Waals surface area contributed by atoms with Gasteiger partial charge < -0.3 is 44.4 Å². The van der Waals surface area contributed by atoms with Crippen LogP contribution >= 0.6 is 15.4 Å². The Morgan fingerprint density at radius 3 is 2.12 bits per heavy atom. The van der Waals surface area contributed by atoms with Crippen LogP contribution < -0.4 is 34.7 Å². The number of hydrogen-bond acceptors (Lipinski definition) is 8. The number of hydrogen-bond donors (Lipinski definition) is 6. The molecule has 0 unspecified atom stereocenters. The summed E-state index contributed by atoms with van der Waals surface area (Å²) in [5.74, 6) is -3.95. The Labute approximate surface area is 168 Å². The van der Waals surface area contributed by atoms with Gasteiger partial charge in [-0.05, 0) is 18.6 Å². The summed E-state index contributed by atoms with van der Waals surface area (Å²) in [5, 5.41) is 26.8. The second-order valence-electron chi connectivity index (χ2n) is 5.22. The van der Waals surface area contributed by atoms with E-state index in [0.29, 0.717) is 13.0 Å². The number of rotatable bonds is 7. The van der Waals surface area contributed by atoms with Crippen molar-refractivity contribution in [3.8, 4) is 0 Å². The zero-order valence-corrected chi connectivity index (χ0v) is 17.2. The van der Waals surface area contributed by atoms with Gasteiger partial charge in [-0.3, -0.25) is 9.09 Å². The Kier molecular flexibility index (Phi) is 8.86. The van der Waals surface area contributed by atoms with Gasteiger partial charge in [0.05, 0.1) is 12.1 Å². The van der Waals surface area contributed by atoms with Gasteiger partial charge in [0.2, 0.25) is 0 Å². The third kappa shape index (κ3) is 6.20. The minimum absolute atomic E-state index is 0. The minimum atomic E-state index is -5.45. The fraction of sp³-hybridized carbons (Fsp3) is 0.600. The number of carbonyl (C=O) groups excluding carboxylic acids is 1. The Hall–Kier alpha value is -0.140. The van der Waals surface area contributed by atoms with Crippen molar-refractivity contribution in [2.45, 2.75) is 37.0 Å². The van der Waals surface area contributed by atoms with Gasteiger partial charge in [0, 0.05) is 6.42 Å². The maximum Gasteiger partial charge on any atom is 1.00 e. The average molecular weight is 428 g/mol. The van der Waals surface area contributed by atoms with Crippen LogP contribution in [0.1, 0.15) is 13.3 Å². The third-order valence-corrected chi connectivity index (χ3v) is 5.29. The maximum absolute atomic E-state index is 11.4. The van der Waals surface area contributed by atoms with Gasteiger partial charge in [0.1, 0.15) is 12.2 Å². The average Bonchev–Trinajstić information content (AvgIpc) is 2.39. The van der Waals surface area contributed by atoms with Crippen LogP contribution in [0.2, 0.25) is 0 Å². The molecule has 0 aliphatic heterocycles. The molecule has 1 aliphatic carbocycles. The van der Waals surface area contributed by atoms with Gasteiger partial charge in [0.25, 0.3) is 5.34 Å². The van der Waals surface area contributed by atoms with E-state index in [2.05, 4.69) is 4.52 Å². The van der Waals surface area contributed by atoms with E-state index in [-0.39, 0.29) is 29.6 Å². The number of aliphatic hydroxyl groups excluding tert-OH is 1. The number of ether oxygens (including phenoxy) is 1. The zero-order valence-electron chi connectivity index (χ0n) is 13.5. The fourth-order valence-corrected chi connectivity index (χ4v) is 2.99. The molecule has 0 saturated heterocycles. The van der Waals surface area contributed by atoms with E-state index in [1.54, 1.807) is 0 Å². The molecule has 0 aromatic heterocycles. The number of carboxylic acids is 2. The molecule has 1 aliphatic rings. The van der Waals surface area contributed by atoms with Gasteiger partial charge in [0.15, 0.2) is 0 Å². The molecule has 0 spiro atoms. The first-order valence-electron chi connectivity index (χ1n) is 6.39. The van der Waals surface area contributed by atoms with Crippen molar-refractivity contribution < 1.29 is 92.4 Å². The van der Waals surface area contributed by atoms with Crippen LogP contribution in [-0.2, 0) is 28.0 Å².